The van der Waals surface area contributed by atoms with E-state index in [4.69, 9.17) is 21.1 Å². The van der Waals surface area contributed by atoms with Crippen molar-refractivity contribution in [3.05, 3.63) is 70.3 Å². The fraction of sp³-hybridized carbons (Fsp3) is 0.158. The Balaban J connectivity index is 2.04. The maximum absolute atomic E-state index is 12.0. The van der Waals surface area contributed by atoms with Gasteiger partial charge in [-0.05, 0) is 48.4 Å². The monoisotopic (exact) mass is 341 g/mol. The van der Waals surface area contributed by atoms with E-state index < -0.39 is 5.97 Å². The van der Waals surface area contributed by atoms with Gasteiger partial charge in [-0.2, -0.15) is 5.26 Å². The Bertz CT molecular complexity index is 776. The third kappa shape index (κ3) is 5.15. The zero-order valence-electron chi connectivity index (χ0n) is 13.2. The summed E-state index contributed by atoms with van der Waals surface area (Å²) in [6, 6.07) is 16.0. The van der Waals surface area contributed by atoms with Gasteiger partial charge in [-0.25, -0.2) is 4.79 Å². The molecule has 0 N–H and O–H groups in total. The van der Waals surface area contributed by atoms with Crippen LogP contribution in [0.5, 0.6) is 5.75 Å². The predicted molar refractivity (Wildman–Crippen MR) is 92.4 cm³/mol. The van der Waals surface area contributed by atoms with E-state index in [1.54, 1.807) is 48.5 Å². The third-order valence-electron chi connectivity index (χ3n) is 3.10. The van der Waals surface area contributed by atoms with E-state index in [-0.39, 0.29) is 12.2 Å². The smallest absolute Gasteiger partial charge is 0.349 e. The first-order chi connectivity index (χ1) is 11.6. The number of carbonyl (C=O) groups excluding carboxylic acids is 1. The molecule has 0 aliphatic heterocycles. The lowest BCUT2D eigenvalue weighted by atomic mass is 10.1. The van der Waals surface area contributed by atoms with Gasteiger partial charge in [0, 0.05) is 5.02 Å². The van der Waals surface area contributed by atoms with Crippen molar-refractivity contribution < 1.29 is 14.3 Å². The maximum Gasteiger partial charge on any atom is 0.349 e. The molecule has 0 saturated carbocycles. The van der Waals surface area contributed by atoms with Crippen LogP contribution < -0.4 is 4.74 Å². The lowest BCUT2D eigenvalue weighted by Gasteiger charge is -2.05. The lowest BCUT2D eigenvalue weighted by molar-refractivity contribution is -0.139. The molecule has 0 atom stereocenters. The van der Waals surface area contributed by atoms with Crippen molar-refractivity contribution in [2.45, 2.75) is 13.5 Å². The summed E-state index contributed by atoms with van der Waals surface area (Å²) in [5, 5.41) is 9.74. The van der Waals surface area contributed by atoms with E-state index >= 15 is 0 Å². The summed E-state index contributed by atoms with van der Waals surface area (Å²) >= 11 is 5.88. The first-order valence-electron chi connectivity index (χ1n) is 7.38. The largest absolute Gasteiger partial charge is 0.494 e. The molecule has 4 nitrogen and oxygen atoms in total. The number of halogens is 1. The standard InChI is InChI=1S/C19H16ClNO3/c1-2-23-18-8-6-14(7-9-18)10-16(12-21)19(22)24-13-15-4-3-5-17(20)11-15/h3-11H,2,13H2,1H3/b16-10+. The molecule has 0 unspecified atom stereocenters. The molecular formula is C19H16ClNO3. The van der Waals surface area contributed by atoms with Crippen molar-refractivity contribution >= 4 is 23.6 Å². The first kappa shape index (κ1) is 17.6. The van der Waals surface area contributed by atoms with Crippen molar-refractivity contribution in [2.75, 3.05) is 6.61 Å². The van der Waals surface area contributed by atoms with E-state index in [0.29, 0.717) is 11.6 Å². The topological polar surface area (TPSA) is 59.3 Å². The highest BCUT2D eigenvalue weighted by Gasteiger charge is 2.11. The zero-order chi connectivity index (χ0) is 17.4. The van der Waals surface area contributed by atoms with Crippen LogP contribution in [0.1, 0.15) is 18.1 Å². The molecule has 0 spiro atoms. The molecule has 0 radical (unpaired) electrons. The van der Waals surface area contributed by atoms with Gasteiger partial charge in [0.1, 0.15) is 24.0 Å². The van der Waals surface area contributed by atoms with E-state index in [1.165, 1.54) is 6.08 Å². The van der Waals surface area contributed by atoms with E-state index in [1.807, 2.05) is 13.0 Å². The lowest BCUT2D eigenvalue weighted by Crippen LogP contribution is -2.06. The summed E-state index contributed by atoms with van der Waals surface area (Å²) in [5.74, 6) is 0.0584. The number of nitriles is 1. The summed E-state index contributed by atoms with van der Waals surface area (Å²) in [7, 11) is 0. The Morgan fingerprint density at radius 1 is 1.25 bits per heavy atom. The molecule has 0 bridgehead atoms. The van der Waals surface area contributed by atoms with Gasteiger partial charge >= 0.3 is 5.97 Å². The molecule has 122 valence electrons. The van der Waals surface area contributed by atoms with Crippen LogP contribution in [0, 0.1) is 11.3 Å². The number of hydrogen-bond acceptors (Lipinski definition) is 4. The highest BCUT2D eigenvalue weighted by Crippen LogP contribution is 2.16. The zero-order valence-corrected chi connectivity index (χ0v) is 13.9. The molecule has 0 fully saturated rings. The normalized spacial score (nSPS) is 10.8. The second-order valence-corrected chi connectivity index (χ2v) is 5.31. The van der Waals surface area contributed by atoms with Crippen LogP contribution in [0.2, 0.25) is 5.02 Å². The van der Waals surface area contributed by atoms with Gasteiger partial charge in [0.2, 0.25) is 0 Å². The summed E-state index contributed by atoms with van der Waals surface area (Å²) in [4.78, 5) is 12.0. The fourth-order valence-corrected chi connectivity index (χ4v) is 2.20. The molecule has 0 aromatic heterocycles. The highest BCUT2D eigenvalue weighted by molar-refractivity contribution is 6.30. The minimum atomic E-state index is -0.675. The van der Waals surface area contributed by atoms with Gasteiger partial charge in [-0.15, -0.1) is 0 Å². The van der Waals surface area contributed by atoms with Crippen molar-refractivity contribution in [3.8, 4) is 11.8 Å². The van der Waals surface area contributed by atoms with Gasteiger partial charge in [-0.1, -0.05) is 35.9 Å². The van der Waals surface area contributed by atoms with E-state index in [0.717, 1.165) is 16.9 Å². The molecule has 0 amide bonds. The number of esters is 1. The van der Waals surface area contributed by atoms with Crippen LogP contribution in [-0.2, 0) is 16.1 Å². The number of nitrogens with zero attached hydrogens (tertiary/aromatic N) is 1. The van der Waals surface area contributed by atoms with Crippen molar-refractivity contribution in [3.63, 3.8) is 0 Å². The van der Waals surface area contributed by atoms with Crippen molar-refractivity contribution in [1.29, 1.82) is 5.26 Å². The Hall–Kier alpha value is -2.77. The van der Waals surface area contributed by atoms with Gasteiger partial charge in [0.15, 0.2) is 0 Å². The third-order valence-corrected chi connectivity index (χ3v) is 3.34. The average molecular weight is 342 g/mol. The molecule has 2 aromatic rings. The molecule has 0 saturated heterocycles. The molecule has 0 heterocycles. The van der Waals surface area contributed by atoms with Crippen LogP contribution in [0.3, 0.4) is 0 Å². The van der Waals surface area contributed by atoms with Crippen LogP contribution in [0.15, 0.2) is 54.1 Å². The van der Waals surface area contributed by atoms with Gasteiger partial charge in [0.05, 0.1) is 6.61 Å². The minimum Gasteiger partial charge on any atom is -0.494 e. The Kier molecular flexibility index (Phi) is 6.41. The van der Waals surface area contributed by atoms with Crippen LogP contribution in [0.25, 0.3) is 6.08 Å². The second-order valence-electron chi connectivity index (χ2n) is 4.88. The number of carbonyl (C=O) groups is 1. The molecule has 0 aliphatic rings. The summed E-state index contributed by atoms with van der Waals surface area (Å²) in [5.41, 5.74) is 1.41. The molecular weight excluding hydrogens is 326 g/mol. The van der Waals surface area contributed by atoms with Crippen LogP contribution >= 0.6 is 11.6 Å². The second kappa shape index (κ2) is 8.76. The van der Waals surface area contributed by atoms with Crippen LogP contribution in [-0.4, -0.2) is 12.6 Å². The van der Waals surface area contributed by atoms with Gasteiger partial charge in [0.25, 0.3) is 0 Å². The molecule has 0 aliphatic carbocycles. The summed E-state index contributed by atoms with van der Waals surface area (Å²) < 4.78 is 10.5. The maximum atomic E-state index is 12.0. The van der Waals surface area contributed by atoms with E-state index in [9.17, 15) is 10.1 Å². The number of ether oxygens (including phenoxy) is 2. The number of hydrogen-bond donors (Lipinski definition) is 0. The Morgan fingerprint density at radius 2 is 2.00 bits per heavy atom. The van der Waals surface area contributed by atoms with Crippen LogP contribution in [0.4, 0.5) is 0 Å². The minimum absolute atomic E-state index is 0.0572. The van der Waals surface area contributed by atoms with Gasteiger partial charge < -0.3 is 9.47 Å². The molecule has 24 heavy (non-hydrogen) atoms. The highest BCUT2D eigenvalue weighted by atomic mass is 35.5. The van der Waals surface area contributed by atoms with E-state index in [2.05, 4.69) is 0 Å². The molecule has 2 rings (SSSR count). The Morgan fingerprint density at radius 3 is 2.62 bits per heavy atom. The average Bonchev–Trinajstić information content (AvgIpc) is 2.59. The summed E-state index contributed by atoms with van der Waals surface area (Å²) in [6.07, 6.45) is 1.48. The number of rotatable bonds is 6. The first-order valence-corrected chi connectivity index (χ1v) is 7.76. The summed E-state index contributed by atoms with van der Waals surface area (Å²) in [6.45, 7) is 2.54. The SMILES string of the molecule is CCOc1ccc(/C=C(\C#N)C(=O)OCc2cccc(Cl)c2)cc1. The van der Waals surface area contributed by atoms with Crippen molar-refractivity contribution in [1.82, 2.24) is 0 Å². The molecule has 5 heteroatoms. The quantitative estimate of drug-likeness (QED) is 0.444. The molecule has 2 aromatic carbocycles. The van der Waals surface area contributed by atoms with Gasteiger partial charge in [-0.3, -0.25) is 0 Å². The predicted octanol–water partition coefficient (Wildman–Crippen LogP) is 4.39. The number of benzene rings is 2. The fourth-order valence-electron chi connectivity index (χ4n) is 1.98. The Labute approximate surface area is 145 Å². The van der Waals surface area contributed by atoms with Crippen molar-refractivity contribution in [2.24, 2.45) is 0 Å².